The monoisotopic (exact) mass is 292 g/mol. The summed E-state index contributed by atoms with van der Waals surface area (Å²) in [5, 5.41) is 0. The van der Waals surface area contributed by atoms with Gasteiger partial charge in [0.15, 0.2) is 0 Å². The average Bonchev–Trinajstić information content (AvgIpc) is 2.86. The molecular formula is C16H24N2O3. The maximum atomic E-state index is 12.5. The topological polar surface area (TPSA) is 51.7 Å². The van der Waals surface area contributed by atoms with Crippen LogP contribution in [-0.2, 0) is 9.47 Å². The summed E-state index contributed by atoms with van der Waals surface area (Å²) >= 11 is 0. The van der Waals surface area contributed by atoms with Crippen LogP contribution in [0.15, 0.2) is 18.3 Å². The predicted octanol–water partition coefficient (Wildman–Crippen LogP) is 3.31. The van der Waals surface area contributed by atoms with Crippen molar-refractivity contribution in [3.63, 3.8) is 0 Å². The molecule has 1 fully saturated rings. The lowest BCUT2D eigenvalue weighted by Crippen LogP contribution is -2.41. The van der Waals surface area contributed by atoms with Gasteiger partial charge in [-0.1, -0.05) is 0 Å². The maximum absolute atomic E-state index is 12.5. The van der Waals surface area contributed by atoms with E-state index in [2.05, 4.69) is 4.98 Å². The largest absolute Gasteiger partial charge is 0.443 e. The quantitative estimate of drug-likeness (QED) is 0.857. The number of aromatic nitrogens is 1. The van der Waals surface area contributed by atoms with Crippen molar-refractivity contribution < 1.29 is 14.3 Å². The lowest BCUT2D eigenvalue weighted by atomic mass is 10.2. The lowest BCUT2D eigenvalue weighted by molar-refractivity contribution is 0.0537. The SMILES string of the molecule is Cc1ccnc(N(C[C@@H]2CCCO2)C(=O)OC(C)(C)C)c1. The molecule has 21 heavy (non-hydrogen) atoms. The molecule has 0 N–H and O–H groups in total. The highest BCUT2D eigenvalue weighted by Gasteiger charge is 2.28. The zero-order valence-electron chi connectivity index (χ0n) is 13.3. The van der Waals surface area contributed by atoms with Crippen LogP contribution in [0.5, 0.6) is 0 Å². The molecule has 2 heterocycles. The van der Waals surface area contributed by atoms with Crippen LogP contribution in [0.3, 0.4) is 0 Å². The molecular weight excluding hydrogens is 268 g/mol. The van der Waals surface area contributed by atoms with Gasteiger partial charge in [-0.15, -0.1) is 0 Å². The first kappa shape index (κ1) is 15.8. The second-order valence-electron chi connectivity index (χ2n) is 6.42. The van der Waals surface area contributed by atoms with E-state index in [9.17, 15) is 4.79 Å². The lowest BCUT2D eigenvalue weighted by Gasteiger charge is -2.28. The number of hydrogen-bond donors (Lipinski definition) is 0. The Morgan fingerprint density at radius 1 is 1.52 bits per heavy atom. The van der Waals surface area contributed by atoms with E-state index in [4.69, 9.17) is 9.47 Å². The molecule has 1 amide bonds. The van der Waals surface area contributed by atoms with Crippen LogP contribution < -0.4 is 4.90 Å². The average molecular weight is 292 g/mol. The van der Waals surface area contributed by atoms with Crippen LogP contribution in [0.25, 0.3) is 0 Å². The molecule has 1 atom stereocenters. The minimum Gasteiger partial charge on any atom is -0.443 e. The van der Waals surface area contributed by atoms with Crippen molar-refractivity contribution in [3.05, 3.63) is 23.9 Å². The minimum absolute atomic E-state index is 0.0554. The summed E-state index contributed by atoms with van der Waals surface area (Å²) in [5.74, 6) is 0.611. The van der Waals surface area contributed by atoms with Crippen molar-refractivity contribution in [2.24, 2.45) is 0 Å². The second kappa shape index (κ2) is 6.43. The van der Waals surface area contributed by atoms with E-state index < -0.39 is 5.60 Å². The van der Waals surface area contributed by atoms with Gasteiger partial charge < -0.3 is 9.47 Å². The van der Waals surface area contributed by atoms with Gasteiger partial charge >= 0.3 is 6.09 Å². The third-order valence-electron chi connectivity index (χ3n) is 3.20. The number of rotatable bonds is 3. The highest BCUT2D eigenvalue weighted by atomic mass is 16.6. The number of nitrogens with zero attached hydrogens (tertiary/aromatic N) is 2. The fourth-order valence-electron chi connectivity index (χ4n) is 2.24. The first-order valence-corrected chi connectivity index (χ1v) is 7.40. The van der Waals surface area contributed by atoms with Gasteiger partial charge in [0.2, 0.25) is 0 Å². The van der Waals surface area contributed by atoms with Gasteiger partial charge in [-0.3, -0.25) is 4.90 Å². The highest BCUT2D eigenvalue weighted by Crippen LogP contribution is 2.21. The molecule has 0 bridgehead atoms. The molecule has 0 unspecified atom stereocenters. The Kier molecular flexibility index (Phi) is 4.83. The molecule has 0 spiro atoms. The molecule has 5 heteroatoms. The van der Waals surface area contributed by atoms with Crippen molar-refractivity contribution in [2.45, 2.75) is 52.2 Å². The van der Waals surface area contributed by atoms with Crippen molar-refractivity contribution in [3.8, 4) is 0 Å². The molecule has 1 aromatic rings. The number of aryl methyl sites for hydroxylation is 1. The Bertz CT molecular complexity index is 491. The first-order chi connectivity index (χ1) is 9.85. The van der Waals surface area contributed by atoms with Crippen LogP contribution in [0.4, 0.5) is 10.6 Å². The summed E-state index contributed by atoms with van der Waals surface area (Å²) in [7, 11) is 0. The Morgan fingerprint density at radius 3 is 2.86 bits per heavy atom. The third kappa shape index (κ3) is 4.70. The molecule has 1 saturated heterocycles. The Labute approximate surface area is 126 Å². The number of pyridine rings is 1. The van der Waals surface area contributed by atoms with Crippen LogP contribution in [-0.4, -0.2) is 35.9 Å². The first-order valence-electron chi connectivity index (χ1n) is 7.40. The molecule has 5 nitrogen and oxygen atoms in total. The zero-order chi connectivity index (χ0) is 15.5. The number of amides is 1. The van der Waals surface area contributed by atoms with Gasteiger partial charge in [-0.2, -0.15) is 0 Å². The van der Waals surface area contributed by atoms with Crippen LogP contribution >= 0.6 is 0 Å². The molecule has 0 saturated carbocycles. The molecule has 0 aromatic carbocycles. The summed E-state index contributed by atoms with van der Waals surface area (Å²) in [6, 6.07) is 3.79. The molecule has 0 radical (unpaired) electrons. The fraction of sp³-hybridized carbons (Fsp3) is 0.625. The van der Waals surface area contributed by atoms with Crippen molar-refractivity contribution in [2.75, 3.05) is 18.1 Å². The van der Waals surface area contributed by atoms with E-state index in [1.54, 1.807) is 11.1 Å². The van der Waals surface area contributed by atoms with Crippen LogP contribution in [0, 0.1) is 6.92 Å². The summed E-state index contributed by atoms with van der Waals surface area (Å²) < 4.78 is 11.1. The van der Waals surface area contributed by atoms with Gasteiger partial charge in [0, 0.05) is 12.8 Å². The number of ether oxygens (including phenoxy) is 2. The molecule has 1 aromatic heterocycles. The normalized spacial score (nSPS) is 18.6. The second-order valence-corrected chi connectivity index (χ2v) is 6.42. The van der Waals surface area contributed by atoms with Crippen LogP contribution in [0.2, 0.25) is 0 Å². The molecule has 0 aliphatic carbocycles. The number of anilines is 1. The van der Waals surface area contributed by atoms with Crippen LogP contribution in [0.1, 0.15) is 39.2 Å². The highest BCUT2D eigenvalue weighted by molar-refractivity contribution is 5.86. The summed E-state index contributed by atoms with van der Waals surface area (Å²) in [6.45, 7) is 8.79. The zero-order valence-corrected chi connectivity index (χ0v) is 13.3. The Hall–Kier alpha value is -1.62. The van der Waals surface area contributed by atoms with E-state index in [1.807, 2.05) is 39.8 Å². The maximum Gasteiger partial charge on any atom is 0.416 e. The van der Waals surface area contributed by atoms with E-state index in [0.29, 0.717) is 12.4 Å². The summed E-state index contributed by atoms with van der Waals surface area (Å²) in [5.41, 5.74) is 0.524. The number of carbonyl (C=O) groups is 1. The Balaban J connectivity index is 2.18. The summed E-state index contributed by atoms with van der Waals surface area (Å²) in [4.78, 5) is 18.3. The molecule has 1 aliphatic rings. The van der Waals surface area contributed by atoms with Gasteiger partial charge in [0.1, 0.15) is 11.4 Å². The van der Waals surface area contributed by atoms with E-state index in [-0.39, 0.29) is 12.2 Å². The predicted molar refractivity (Wildman–Crippen MR) is 81.5 cm³/mol. The van der Waals surface area contributed by atoms with Crippen molar-refractivity contribution in [1.82, 2.24) is 4.98 Å². The number of hydrogen-bond acceptors (Lipinski definition) is 4. The summed E-state index contributed by atoms with van der Waals surface area (Å²) in [6.07, 6.45) is 3.38. The third-order valence-corrected chi connectivity index (χ3v) is 3.20. The van der Waals surface area contributed by atoms with Crippen molar-refractivity contribution in [1.29, 1.82) is 0 Å². The molecule has 116 valence electrons. The van der Waals surface area contributed by atoms with E-state index in [1.165, 1.54) is 0 Å². The Morgan fingerprint density at radius 2 is 2.29 bits per heavy atom. The minimum atomic E-state index is -0.532. The number of carbonyl (C=O) groups excluding carboxylic acids is 1. The standard InChI is InChI=1S/C16H24N2O3/c1-12-7-8-17-14(10-12)18(11-13-6-5-9-20-13)15(19)21-16(2,3)4/h7-8,10,13H,5-6,9,11H2,1-4H3/t13-/m0/s1. The van der Waals surface area contributed by atoms with E-state index in [0.717, 1.165) is 25.0 Å². The molecule has 2 rings (SSSR count). The smallest absolute Gasteiger partial charge is 0.416 e. The fourth-order valence-corrected chi connectivity index (χ4v) is 2.24. The van der Waals surface area contributed by atoms with Gasteiger partial charge in [0.05, 0.1) is 12.6 Å². The van der Waals surface area contributed by atoms with Gasteiger partial charge in [-0.25, -0.2) is 9.78 Å². The van der Waals surface area contributed by atoms with Crippen molar-refractivity contribution >= 4 is 11.9 Å². The molecule has 1 aliphatic heterocycles. The van der Waals surface area contributed by atoms with Gasteiger partial charge in [0.25, 0.3) is 0 Å². The van der Waals surface area contributed by atoms with E-state index >= 15 is 0 Å². The van der Waals surface area contributed by atoms with Gasteiger partial charge in [-0.05, 0) is 58.2 Å².